The van der Waals surface area contributed by atoms with Crippen molar-refractivity contribution in [2.24, 2.45) is 10.9 Å². The lowest BCUT2D eigenvalue weighted by molar-refractivity contribution is 0.318. The van der Waals surface area contributed by atoms with E-state index >= 15 is 0 Å². The first kappa shape index (κ1) is 5.43. The van der Waals surface area contributed by atoms with Crippen LogP contribution in [0.4, 0.5) is 0 Å². The molecule has 3 heteroatoms. The first-order valence-electron chi connectivity index (χ1n) is 1.55. The van der Waals surface area contributed by atoms with Crippen LogP contribution in [0.25, 0.3) is 0 Å². The van der Waals surface area contributed by atoms with Gasteiger partial charge in [-0.25, -0.2) is 0 Å². The normalized spacial score (nSPS) is 12.0. The fourth-order valence-corrected chi connectivity index (χ4v) is 0.0333. The van der Waals surface area contributed by atoms with Gasteiger partial charge in [0.25, 0.3) is 0 Å². The monoisotopic (exact) mass is 87.1 g/mol. The zero-order chi connectivity index (χ0) is 4.99. The molecule has 0 atom stereocenters. The molecule has 0 aliphatic rings. The van der Waals surface area contributed by atoms with Crippen LogP contribution in [0.15, 0.2) is 5.16 Å². The van der Waals surface area contributed by atoms with Crippen LogP contribution in [0, 0.1) is 6.54 Å². The molecule has 0 fully saturated rings. The van der Waals surface area contributed by atoms with Crippen LogP contribution in [-0.2, 0) is 0 Å². The third kappa shape index (κ3) is 1.72. The number of hydrogen-bond donors (Lipinski definition) is 2. The van der Waals surface area contributed by atoms with Gasteiger partial charge in [-0.15, -0.1) is 0 Å². The Hall–Kier alpha value is -0.570. The third-order valence-electron chi connectivity index (χ3n) is 0.399. The van der Waals surface area contributed by atoms with Gasteiger partial charge in [0, 0.05) is 0 Å². The zero-order valence-electron chi connectivity index (χ0n) is 3.55. The van der Waals surface area contributed by atoms with E-state index < -0.39 is 0 Å². The van der Waals surface area contributed by atoms with Crippen LogP contribution in [0.3, 0.4) is 0 Å². The van der Waals surface area contributed by atoms with E-state index in [1.165, 1.54) is 6.54 Å². The molecule has 0 aromatic rings. The molecule has 0 amide bonds. The van der Waals surface area contributed by atoms with Gasteiger partial charge in [-0.3, -0.25) is 0 Å². The molecule has 3 N–H and O–H groups in total. The fraction of sp³-hybridized carbons (Fsp3) is 0.333. The topological polar surface area (TPSA) is 58.6 Å². The first-order chi connectivity index (χ1) is 2.81. The van der Waals surface area contributed by atoms with E-state index in [0.717, 1.165) is 0 Å². The van der Waals surface area contributed by atoms with Crippen molar-refractivity contribution in [2.75, 3.05) is 0 Å². The second-order valence-corrected chi connectivity index (χ2v) is 0.908. The maximum Gasteiger partial charge on any atom is 0.0726 e. The lowest BCUT2D eigenvalue weighted by atomic mass is 10.4. The molecule has 0 saturated heterocycles. The van der Waals surface area contributed by atoms with Crippen molar-refractivity contribution in [3.63, 3.8) is 0 Å². The van der Waals surface area contributed by atoms with E-state index in [1.807, 2.05) is 0 Å². The predicted molar refractivity (Wildman–Crippen MR) is 23.4 cm³/mol. The predicted octanol–water partition coefficient (Wildman–Crippen LogP) is -0.0430. The van der Waals surface area contributed by atoms with Crippen molar-refractivity contribution in [2.45, 2.75) is 6.92 Å². The highest BCUT2D eigenvalue weighted by atomic mass is 16.4. The second-order valence-electron chi connectivity index (χ2n) is 0.908. The van der Waals surface area contributed by atoms with E-state index in [-0.39, 0.29) is 0 Å². The molecule has 0 aromatic carbocycles. The van der Waals surface area contributed by atoms with Crippen molar-refractivity contribution in [1.82, 2.24) is 0 Å². The minimum Gasteiger partial charge on any atom is -0.411 e. The lowest BCUT2D eigenvalue weighted by Crippen LogP contribution is -2.00. The standard InChI is InChI=1S/C3H7N2O/c1-3(2-4)5-6/h2,6H,4H2,1H3. The third-order valence-corrected chi connectivity index (χ3v) is 0.399. The van der Waals surface area contributed by atoms with E-state index in [0.29, 0.717) is 5.71 Å². The summed E-state index contributed by atoms with van der Waals surface area (Å²) in [5.74, 6) is 0. The number of nitrogens with two attached hydrogens (primary N) is 1. The Bertz CT molecular complexity index is 59.8. The molecule has 0 bridgehead atoms. The van der Waals surface area contributed by atoms with Crippen molar-refractivity contribution >= 4 is 5.71 Å². The summed E-state index contributed by atoms with van der Waals surface area (Å²) in [6.07, 6.45) is 0. The highest BCUT2D eigenvalue weighted by Crippen LogP contribution is 1.69. The minimum absolute atomic E-state index is 0.426. The van der Waals surface area contributed by atoms with Crippen LogP contribution in [0.5, 0.6) is 0 Å². The highest BCUT2D eigenvalue weighted by molar-refractivity contribution is 5.88. The van der Waals surface area contributed by atoms with E-state index in [1.54, 1.807) is 6.92 Å². The molecule has 0 aliphatic heterocycles. The molecular weight excluding hydrogens is 80.0 g/mol. The number of hydrogen-bond acceptors (Lipinski definition) is 3. The van der Waals surface area contributed by atoms with Gasteiger partial charge in [0.05, 0.1) is 12.3 Å². The Morgan fingerprint density at radius 1 is 2.00 bits per heavy atom. The van der Waals surface area contributed by atoms with E-state index in [2.05, 4.69) is 5.16 Å². The second kappa shape index (κ2) is 2.66. The lowest BCUT2D eigenvalue weighted by Gasteiger charge is -1.81. The van der Waals surface area contributed by atoms with Gasteiger partial charge in [-0.2, -0.15) is 0 Å². The van der Waals surface area contributed by atoms with Gasteiger partial charge in [0.1, 0.15) is 0 Å². The van der Waals surface area contributed by atoms with Gasteiger partial charge in [0.2, 0.25) is 0 Å². The van der Waals surface area contributed by atoms with E-state index in [9.17, 15) is 0 Å². The summed E-state index contributed by atoms with van der Waals surface area (Å²) in [5, 5.41) is 10.6. The molecule has 0 aromatic heterocycles. The van der Waals surface area contributed by atoms with Crippen molar-refractivity contribution in [1.29, 1.82) is 0 Å². The Morgan fingerprint density at radius 2 is 2.50 bits per heavy atom. The molecule has 0 heterocycles. The summed E-state index contributed by atoms with van der Waals surface area (Å²) in [6, 6.07) is 0. The summed E-state index contributed by atoms with van der Waals surface area (Å²) in [5.41, 5.74) is 5.29. The molecular formula is C3H7N2O. The van der Waals surface area contributed by atoms with Crippen LogP contribution in [0.1, 0.15) is 6.92 Å². The maximum absolute atomic E-state index is 7.81. The molecule has 3 nitrogen and oxygen atoms in total. The summed E-state index contributed by atoms with van der Waals surface area (Å²) >= 11 is 0. The van der Waals surface area contributed by atoms with Crippen LogP contribution >= 0.6 is 0 Å². The molecule has 6 heavy (non-hydrogen) atoms. The number of oxime groups is 1. The van der Waals surface area contributed by atoms with Crippen molar-refractivity contribution in [3.05, 3.63) is 6.54 Å². The Balaban J connectivity index is 3.22. The smallest absolute Gasteiger partial charge is 0.0726 e. The summed E-state index contributed by atoms with van der Waals surface area (Å²) in [7, 11) is 0. The van der Waals surface area contributed by atoms with Gasteiger partial charge in [-0.1, -0.05) is 5.16 Å². The Labute approximate surface area is 36.5 Å². The molecule has 0 saturated carbocycles. The quantitative estimate of drug-likeness (QED) is 0.268. The van der Waals surface area contributed by atoms with Gasteiger partial charge in [0.15, 0.2) is 0 Å². The SMILES string of the molecule is CC([CH]N)=NO. The highest BCUT2D eigenvalue weighted by Gasteiger charge is 1.79. The van der Waals surface area contributed by atoms with Gasteiger partial charge < -0.3 is 10.9 Å². The average Bonchev–Trinajstić information content (AvgIpc) is 1.65. The fourth-order valence-electron chi connectivity index (χ4n) is 0.0333. The minimum atomic E-state index is 0.426. The van der Waals surface area contributed by atoms with Crippen LogP contribution in [0.2, 0.25) is 0 Å². The molecule has 0 unspecified atom stereocenters. The zero-order valence-corrected chi connectivity index (χ0v) is 3.55. The van der Waals surface area contributed by atoms with Gasteiger partial charge in [-0.05, 0) is 6.92 Å². The summed E-state index contributed by atoms with van der Waals surface area (Å²) in [6.45, 7) is 2.82. The van der Waals surface area contributed by atoms with Crippen LogP contribution < -0.4 is 5.73 Å². The largest absolute Gasteiger partial charge is 0.411 e. The molecule has 35 valence electrons. The first-order valence-corrected chi connectivity index (χ1v) is 1.55. The maximum atomic E-state index is 7.81. The molecule has 0 aliphatic carbocycles. The van der Waals surface area contributed by atoms with Crippen molar-refractivity contribution in [3.8, 4) is 0 Å². The average molecular weight is 87.1 g/mol. The Morgan fingerprint density at radius 3 is 2.50 bits per heavy atom. The summed E-state index contributed by atoms with van der Waals surface area (Å²) < 4.78 is 0. The molecule has 0 spiro atoms. The van der Waals surface area contributed by atoms with E-state index in [4.69, 9.17) is 10.9 Å². The number of nitrogens with zero attached hydrogens (tertiary/aromatic N) is 1. The molecule has 0 rings (SSSR count). The summed E-state index contributed by atoms with van der Waals surface area (Å²) in [4.78, 5) is 0. The number of rotatable bonds is 1. The van der Waals surface area contributed by atoms with Crippen LogP contribution in [-0.4, -0.2) is 10.9 Å². The van der Waals surface area contributed by atoms with Crippen molar-refractivity contribution < 1.29 is 5.21 Å². The van der Waals surface area contributed by atoms with Gasteiger partial charge >= 0.3 is 0 Å². The molecule has 1 radical (unpaired) electrons. The Kier molecular flexibility index (Phi) is 2.40.